The summed E-state index contributed by atoms with van der Waals surface area (Å²) in [6.45, 7) is 1.46. The molecular weight excluding hydrogens is 370 g/mol. The molecule has 0 unspecified atom stereocenters. The number of nitrogens with one attached hydrogen (secondary N) is 1. The molecule has 1 heterocycles. The summed E-state index contributed by atoms with van der Waals surface area (Å²) in [5.74, 6) is 0.00898. The van der Waals surface area contributed by atoms with Crippen LogP contribution in [-0.2, 0) is 0 Å². The summed E-state index contributed by atoms with van der Waals surface area (Å²) in [6, 6.07) is 10.2. The van der Waals surface area contributed by atoms with Crippen molar-refractivity contribution in [1.82, 2.24) is 5.32 Å². The van der Waals surface area contributed by atoms with Gasteiger partial charge in [-0.1, -0.05) is 29.8 Å². The highest BCUT2D eigenvalue weighted by molar-refractivity contribution is 8.93. The lowest BCUT2D eigenvalue weighted by molar-refractivity contribution is 0.402. The zero-order chi connectivity index (χ0) is 15.0. The number of aromatic hydroxyl groups is 3. The van der Waals surface area contributed by atoms with Gasteiger partial charge in [-0.2, -0.15) is 0 Å². The average molecular weight is 387 g/mol. The maximum atomic E-state index is 10.2. The van der Waals surface area contributed by atoms with Crippen molar-refractivity contribution in [2.24, 2.45) is 0 Å². The first-order valence-corrected chi connectivity index (χ1v) is 7.15. The average Bonchev–Trinajstić information content (AvgIpc) is 2.94. The van der Waals surface area contributed by atoms with E-state index in [9.17, 15) is 15.3 Å². The molecule has 0 radical (unpaired) electrons. The molecule has 2 aromatic rings. The maximum Gasteiger partial charge on any atom is 0.157 e. The largest absolute Gasteiger partial charge is 0.506 e. The van der Waals surface area contributed by atoms with E-state index < -0.39 is 0 Å². The van der Waals surface area contributed by atoms with Crippen molar-refractivity contribution in [3.05, 3.63) is 52.5 Å². The summed E-state index contributed by atoms with van der Waals surface area (Å²) in [5.41, 5.74) is 1.71. The number of benzene rings is 2. The molecule has 0 amide bonds. The minimum Gasteiger partial charge on any atom is -0.506 e. The number of phenolic OH excluding ortho intramolecular Hbond substituents is 3. The molecule has 118 valence electrons. The molecule has 1 aliphatic rings. The molecule has 6 heteroatoms. The zero-order valence-corrected chi connectivity index (χ0v) is 14.1. The molecule has 3 rings (SSSR count). The standard InChI is InChI=1S/C16H16ClNO3.BrH/c17-13-3-1-2-10(16(13)21)12-8-18-7-11(12)9-4-5-14(19)15(20)6-9;/h1-6,11-12,18-21H,7-8H2;1H/t11-,12-;/m1./s1. The van der Waals surface area contributed by atoms with Crippen LogP contribution in [0.5, 0.6) is 17.2 Å². The lowest BCUT2D eigenvalue weighted by Crippen LogP contribution is -2.09. The summed E-state index contributed by atoms with van der Waals surface area (Å²) >= 11 is 5.99. The Bertz CT molecular complexity index is 680. The maximum absolute atomic E-state index is 10.2. The predicted octanol–water partition coefficient (Wildman–Crippen LogP) is 3.51. The van der Waals surface area contributed by atoms with E-state index in [1.54, 1.807) is 18.2 Å². The van der Waals surface area contributed by atoms with Crippen molar-refractivity contribution >= 4 is 28.6 Å². The second-order valence-corrected chi connectivity index (χ2v) is 5.70. The van der Waals surface area contributed by atoms with Gasteiger partial charge in [0.25, 0.3) is 0 Å². The van der Waals surface area contributed by atoms with E-state index >= 15 is 0 Å². The van der Waals surface area contributed by atoms with Gasteiger partial charge in [0.15, 0.2) is 11.5 Å². The Kier molecular flexibility index (Phi) is 5.21. The molecule has 1 saturated heterocycles. The molecule has 0 saturated carbocycles. The topological polar surface area (TPSA) is 72.7 Å². The van der Waals surface area contributed by atoms with Crippen molar-refractivity contribution in [3.63, 3.8) is 0 Å². The van der Waals surface area contributed by atoms with Gasteiger partial charge in [-0.15, -0.1) is 17.0 Å². The molecule has 2 atom stereocenters. The van der Waals surface area contributed by atoms with Crippen LogP contribution in [-0.4, -0.2) is 28.4 Å². The molecule has 0 aliphatic carbocycles. The highest BCUT2D eigenvalue weighted by Crippen LogP contribution is 2.43. The fourth-order valence-electron chi connectivity index (χ4n) is 2.96. The van der Waals surface area contributed by atoms with Gasteiger partial charge in [0, 0.05) is 30.5 Å². The SMILES string of the molecule is Br.Oc1ccc([C@H]2CNC[C@@H]2c2cccc(Cl)c2O)cc1O. The molecule has 1 fully saturated rings. The Morgan fingerprint density at radius 1 is 0.955 bits per heavy atom. The minimum absolute atomic E-state index is 0. The third kappa shape index (κ3) is 3.02. The number of rotatable bonds is 2. The Balaban J connectivity index is 0.00000176. The van der Waals surface area contributed by atoms with Crippen LogP contribution in [0.25, 0.3) is 0 Å². The molecule has 22 heavy (non-hydrogen) atoms. The van der Waals surface area contributed by atoms with Crippen LogP contribution in [0.3, 0.4) is 0 Å². The Morgan fingerprint density at radius 2 is 1.68 bits per heavy atom. The fraction of sp³-hybridized carbons (Fsp3) is 0.250. The zero-order valence-electron chi connectivity index (χ0n) is 11.7. The van der Waals surface area contributed by atoms with E-state index in [0.717, 1.165) is 24.2 Å². The van der Waals surface area contributed by atoms with Gasteiger partial charge in [-0.3, -0.25) is 0 Å². The van der Waals surface area contributed by atoms with Crippen LogP contribution in [0.1, 0.15) is 23.0 Å². The number of hydrogen-bond acceptors (Lipinski definition) is 4. The molecule has 4 nitrogen and oxygen atoms in total. The van der Waals surface area contributed by atoms with E-state index in [4.69, 9.17) is 11.6 Å². The smallest absolute Gasteiger partial charge is 0.157 e. The molecule has 0 spiro atoms. The summed E-state index contributed by atoms with van der Waals surface area (Å²) in [4.78, 5) is 0. The van der Waals surface area contributed by atoms with Gasteiger partial charge < -0.3 is 20.6 Å². The third-order valence-electron chi connectivity index (χ3n) is 4.06. The number of hydrogen-bond donors (Lipinski definition) is 4. The van der Waals surface area contributed by atoms with E-state index in [1.807, 2.05) is 12.1 Å². The van der Waals surface area contributed by atoms with Gasteiger partial charge in [0.1, 0.15) is 5.75 Å². The molecule has 2 aromatic carbocycles. The van der Waals surface area contributed by atoms with Crippen molar-refractivity contribution in [2.45, 2.75) is 11.8 Å². The molecule has 1 aliphatic heterocycles. The summed E-state index contributed by atoms with van der Waals surface area (Å²) in [7, 11) is 0. The van der Waals surface area contributed by atoms with E-state index in [0.29, 0.717) is 5.02 Å². The van der Waals surface area contributed by atoms with E-state index in [2.05, 4.69) is 5.32 Å². The summed E-state index contributed by atoms with van der Waals surface area (Å²) < 4.78 is 0. The van der Waals surface area contributed by atoms with Crippen LogP contribution in [0.2, 0.25) is 5.02 Å². The monoisotopic (exact) mass is 385 g/mol. The molecule has 4 N–H and O–H groups in total. The first-order chi connectivity index (χ1) is 10.1. The number of para-hydroxylation sites is 1. The van der Waals surface area contributed by atoms with Gasteiger partial charge >= 0.3 is 0 Å². The lowest BCUT2D eigenvalue weighted by Gasteiger charge is -2.21. The van der Waals surface area contributed by atoms with E-state index in [1.165, 1.54) is 6.07 Å². The summed E-state index contributed by atoms with van der Waals surface area (Å²) in [6.07, 6.45) is 0. The third-order valence-corrected chi connectivity index (χ3v) is 4.36. The second kappa shape index (κ2) is 6.77. The first-order valence-electron chi connectivity index (χ1n) is 6.78. The van der Waals surface area contributed by atoms with Crippen LogP contribution >= 0.6 is 28.6 Å². The normalized spacial score (nSPS) is 20.6. The molecular formula is C16H17BrClNO3. The van der Waals surface area contributed by atoms with Crippen molar-refractivity contribution in [1.29, 1.82) is 0 Å². The first kappa shape index (κ1) is 16.9. The summed E-state index contributed by atoms with van der Waals surface area (Å²) in [5, 5.41) is 32.9. The van der Waals surface area contributed by atoms with Gasteiger partial charge in [-0.25, -0.2) is 0 Å². The lowest BCUT2D eigenvalue weighted by atomic mass is 9.83. The number of halogens is 2. The van der Waals surface area contributed by atoms with Crippen LogP contribution in [0.4, 0.5) is 0 Å². The van der Waals surface area contributed by atoms with Crippen molar-refractivity contribution in [2.75, 3.05) is 13.1 Å². The predicted molar refractivity (Wildman–Crippen MR) is 91.6 cm³/mol. The quantitative estimate of drug-likeness (QED) is 0.596. The van der Waals surface area contributed by atoms with Gasteiger partial charge in [-0.05, 0) is 23.8 Å². The fourth-order valence-corrected chi connectivity index (χ4v) is 3.14. The van der Waals surface area contributed by atoms with Crippen molar-refractivity contribution in [3.8, 4) is 17.2 Å². The Hall–Kier alpha value is -1.43. The highest BCUT2D eigenvalue weighted by Gasteiger charge is 2.32. The highest BCUT2D eigenvalue weighted by atomic mass is 79.9. The van der Waals surface area contributed by atoms with Crippen molar-refractivity contribution < 1.29 is 15.3 Å². The van der Waals surface area contributed by atoms with Gasteiger partial charge in [0.2, 0.25) is 0 Å². The van der Waals surface area contributed by atoms with Gasteiger partial charge in [0.05, 0.1) is 5.02 Å². The van der Waals surface area contributed by atoms with Crippen LogP contribution in [0, 0.1) is 0 Å². The number of phenols is 3. The molecule has 0 aromatic heterocycles. The Morgan fingerprint density at radius 3 is 2.41 bits per heavy atom. The van der Waals surface area contributed by atoms with Crippen LogP contribution < -0.4 is 5.32 Å². The van der Waals surface area contributed by atoms with Crippen LogP contribution in [0.15, 0.2) is 36.4 Å². The second-order valence-electron chi connectivity index (χ2n) is 5.30. The minimum atomic E-state index is -0.133. The molecule has 0 bridgehead atoms. The van der Waals surface area contributed by atoms with E-state index in [-0.39, 0.29) is 46.1 Å². The Labute approximate surface area is 144 Å².